The van der Waals surface area contributed by atoms with Crippen LogP contribution in [0.1, 0.15) is 12.8 Å². The van der Waals surface area contributed by atoms with Crippen LogP contribution in [-0.2, 0) is 19.6 Å². The zero-order valence-corrected chi connectivity index (χ0v) is 15.9. The van der Waals surface area contributed by atoms with Gasteiger partial charge in [0.2, 0.25) is 10.0 Å². The van der Waals surface area contributed by atoms with Gasteiger partial charge in [0.1, 0.15) is 0 Å². The van der Waals surface area contributed by atoms with E-state index in [2.05, 4.69) is 4.90 Å². The molecule has 27 heavy (non-hydrogen) atoms. The number of nitrogens with two attached hydrogens (primary N) is 1. The molecule has 2 heterocycles. The minimum atomic E-state index is -3.71. The third-order valence-corrected chi connectivity index (χ3v) is 6.98. The maximum Gasteiger partial charge on any atom is 0.312 e. The fraction of sp³-hybridized carbons (Fsp3) is 0.556. The number of piperazine rings is 1. The Labute approximate surface area is 158 Å². The van der Waals surface area contributed by atoms with Crippen LogP contribution in [0.4, 0.5) is 5.69 Å². The molecule has 1 saturated carbocycles. The summed E-state index contributed by atoms with van der Waals surface area (Å²) in [5, 5.41) is 5.12. The number of sulfonamides is 1. The molecule has 2 aliphatic heterocycles. The van der Waals surface area contributed by atoms with Crippen molar-refractivity contribution in [3.63, 3.8) is 0 Å². The number of anilines is 1. The Balaban J connectivity index is 1.33. The van der Waals surface area contributed by atoms with Crippen LogP contribution in [0.5, 0.6) is 0 Å². The summed E-state index contributed by atoms with van der Waals surface area (Å²) in [7, 11) is -3.71. The minimum Gasteiger partial charge on any atom is -0.368 e. The summed E-state index contributed by atoms with van der Waals surface area (Å²) in [6.07, 6.45) is 2.34. The summed E-state index contributed by atoms with van der Waals surface area (Å²) < 4.78 is 22.7. The van der Waals surface area contributed by atoms with Crippen molar-refractivity contribution in [3.05, 3.63) is 24.3 Å². The second kappa shape index (κ2) is 6.79. The van der Waals surface area contributed by atoms with E-state index in [9.17, 15) is 18.0 Å². The van der Waals surface area contributed by atoms with Crippen molar-refractivity contribution in [2.75, 3.05) is 44.2 Å². The molecule has 0 radical (unpaired) electrons. The lowest BCUT2D eigenvalue weighted by Crippen LogP contribution is -2.53. The molecule has 9 heteroatoms. The van der Waals surface area contributed by atoms with Gasteiger partial charge in [-0.15, -0.1) is 0 Å². The molecule has 8 nitrogen and oxygen atoms in total. The molecule has 0 spiro atoms. The van der Waals surface area contributed by atoms with Crippen molar-refractivity contribution in [1.29, 1.82) is 0 Å². The molecule has 146 valence electrons. The second-order valence-corrected chi connectivity index (χ2v) is 9.19. The van der Waals surface area contributed by atoms with E-state index in [1.165, 1.54) is 25.0 Å². The number of carbonyl (C=O) groups is 2. The van der Waals surface area contributed by atoms with Crippen LogP contribution in [0.2, 0.25) is 0 Å². The zero-order chi connectivity index (χ0) is 19.2. The molecule has 2 atom stereocenters. The SMILES string of the molecule is NS(=O)(=O)c1ccc(N2CCN(C(=O)C(=O)N3C[C@H]4CC[C@H]4C3)CC2)cc1. The number of fused-ring (bicyclic) bond motifs is 1. The monoisotopic (exact) mass is 392 g/mol. The number of amides is 2. The maximum atomic E-state index is 12.6. The average molecular weight is 392 g/mol. The zero-order valence-electron chi connectivity index (χ0n) is 15.1. The highest BCUT2D eigenvalue weighted by Crippen LogP contribution is 2.40. The van der Waals surface area contributed by atoms with Gasteiger partial charge in [-0.25, -0.2) is 13.6 Å². The van der Waals surface area contributed by atoms with E-state index in [4.69, 9.17) is 5.14 Å². The topological polar surface area (TPSA) is 104 Å². The molecular weight excluding hydrogens is 368 g/mol. The Morgan fingerprint density at radius 3 is 1.85 bits per heavy atom. The second-order valence-electron chi connectivity index (χ2n) is 7.63. The van der Waals surface area contributed by atoms with Crippen LogP contribution in [0, 0.1) is 11.8 Å². The third kappa shape index (κ3) is 3.53. The first-order chi connectivity index (χ1) is 12.8. The van der Waals surface area contributed by atoms with Crippen molar-refractivity contribution in [3.8, 4) is 0 Å². The lowest BCUT2D eigenvalue weighted by molar-refractivity contribution is -0.151. The van der Waals surface area contributed by atoms with Crippen molar-refractivity contribution in [1.82, 2.24) is 9.80 Å². The number of nitrogens with zero attached hydrogens (tertiary/aromatic N) is 3. The fourth-order valence-electron chi connectivity index (χ4n) is 4.21. The first kappa shape index (κ1) is 18.2. The van der Waals surface area contributed by atoms with Gasteiger partial charge in [-0.1, -0.05) is 0 Å². The van der Waals surface area contributed by atoms with Gasteiger partial charge in [-0.2, -0.15) is 0 Å². The number of hydrogen-bond donors (Lipinski definition) is 1. The number of rotatable bonds is 2. The van der Waals surface area contributed by atoms with Gasteiger partial charge in [0, 0.05) is 45.0 Å². The molecule has 0 aromatic heterocycles. The number of likely N-dealkylation sites (tertiary alicyclic amines) is 1. The molecule has 1 aromatic carbocycles. The molecule has 2 saturated heterocycles. The van der Waals surface area contributed by atoms with E-state index in [0.717, 1.165) is 18.8 Å². The normalized spacial score (nSPS) is 25.1. The van der Waals surface area contributed by atoms with E-state index in [1.807, 2.05) is 0 Å². The van der Waals surface area contributed by atoms with Crippen LogP contribution in [0.3, 0.4) is 0 Å². The van der Waals surface area contributed by atoms with Crippen molar-refractivity contribution in [2.45, 2.75) is 17.7 Å². The molecule has 0 unspecified atom stereocenters. The van der Waals surface area contributed by atoms with Gasteiger partial charge in [0.05, 0.1) is 4.90 Å². The average Bonchev–Trinajstić information content (AvgIpc) is 2.94. The first-order valence-electron chi connectivity index (χ1n) is 9.29. The predicted octanol–water partition coefficient (Wildman–Crippen LogP) is -0.149. The predicted molar refractivity (Wildman–Crippen MR) is 99.4 cm³/mol. The van der Waals surface area contributed by atoms with Crippen LogP contribution in [0.15, 0.2) is 29.2 Å². The molecule has 1 aliphatic carbocycles. The lowest BCUT2D eigenvalue weighted by atomic mass is 9.77. The highest BCUT2D eigenvalue weighted by Gasteiger charge is 2.43. The molecule has 2 N–H and O–H groups in total. The highest BCUT2D eigenvalue weighted by molar-refractivity contribution is 7.89. The molecule has 1 aromatic rings. The Morgan fingerprint density at radius 2 is 1.37 bits per heavy atom. The molecule has 4 rings (SSSR count). The van der Waals surface area contributed by atoms with Crippen molar-refractivity contribution in [2.24, 2.45) is 17.0 Å². The number of hydrogen-bond acceptors (Lipinski definition) is 5. The third-order valence-electron chi connectivity index (χ3n) is 6.05. The van der Waals surface area contributed by atoms with Gasteiger partial charge >= 0.3 is 11.8 Å². The Kier molecular flexibility index (Phi) is 4.59. The standard InChI is InChI=1S/C18H24N4O4S/c19-27(25,26)16-5-3-15(4-6-16)20-7-9-21(10-8-20)17(23)18(24)22-11-13-1-2-14(13)12-22/h3-6,13-14H,1-2,7-12H2,(H2,19,25,26)/t13-,14+. The smallest absolute Gasteiger partial charge is 0.312 e. The summed E-state index contributed by atoms with van der Waals surface area (Å²) in [6.45, 7) is 3.60. The van der Waals surface area contributed by atoms with Gasteiger partial charge in [0.25, 0.3) is 0 Å². The highest BCUT2D eigenvalue weighted by atomic mass is 32.2. The quantitative estimate of drug-likeness (QED) is 0.705. The Bertz CT molecular complexity index is 835. The lowest BCUT2D eigenvalue weighted by Gasteiger charge is -2.36. The maximum absolute atomic E-state index is 12.6. The van der Waals surface area contributed by atoms with Crippen LogP contribution < -0.4 is 10.0 Å². The summed E-state index contributed by atoms with van der Waals surface area (Å²) >= 11 is 0. The minimum absolute atomic E-state index is 0.0743. The summed E-state index contributed by atoms with van der Waals surface area (Å²) in [5.41, 5.74) is 0.872. The van der Waals surface area contributed by atoms with E-state index < -0.39 is 15.9 Å². The van der Waals surface area contributed by atoms with Gasteiger partial charge in [-0.3, -0.25) is 9.59 Å². The fourth-order valence-corrected chi connectivity index (χ4v) is 4.73. The van der Waals surface area contributed by atoms with Crippen LogP contribution in [-0.4, -0.2) is 69.3 Å². The van der Waals surface area contributed by atoms with Gasteiger partial charge in [-0.05, 0) is 48.9 Å². The Hall–Kier alpha value is -2.13. The largest absolute Gasteiger partial charge is 0.368 e. The van der Waals surface area contributed by atoms with E-state index >= 15 is 0 Å². The number of benzene rings is 1. The summed E-state index contributed by atoms with van der Waals surface area (Å²) in [5.74, 6) is 0.425. The van der Waals surface area contributed by atoms with Crippen molar-refractivity contribution >= 4 is 27.5 Å². The summed E-state index contributed by atoms with van der Waals surface area (Å²) in [6, 6.07) is 6.38. The van der Waals surface area contributed by atoms with E-state index in [0.29, 0.717) is 38.0 Å². The van der Waals surface area contributed by atoms with E-state index in [1.54, 1.807) is 21.9 Å². The molecule has 2 amide bonds. The van der Waals surface area contributed by atoms with Crippen LogP contribution in [0.25, 0.3) is 0 Å². The molecular formula is C18H24N4O4S. The number of primary sulfonamides is 1. The molecule has 3 aliphatic rings. The Morgan fingerprint density at radius 1 is 0.852 bits per heavy atom. The van der Waals surface area contributed by atoms with E-state index in [-0.39, 0.29) is 10.8 Å². The summed E-state index contributed by atoms with van der Waals surface area (Å²) in [4.78, 5) is 30.5. The molecule has 0 bridgehead atoms. The van der Waals surface area contributed by atoms with Gasteiger partial charge in [0.15, 0.2) is 0 Å². The molecule has 3 fully saturated rings. The van der Waals surface area contributed by atoms with Gasteiger partial charge < -0.3 is 14.7 Å². The number of carbonyl (C=O) groups excluding carboxylic acids is 2. The first-order valence-corrected chi connectivity index (χ1v) is 10.8. The van der Waals surface area contributed by atoms with Crippen LogP contribution >= 0.6 is 0 Å². The van der Waals surface area contributed by atoms with Crippen molar-refractivity contribution < 1.29 is 18.0 Å².